The van der Waals surface area contributed by atoms with Gasteiger partial charge in [-0.05, 0) is 0 Å². The third kappa shape index (κ3) is 3.90. The first-order valence-corrected chi connectivity index (χ1v) is 4.20. The van der Waals surface area contributed by atoms with Gasteiger partial charge in [-0.3, -0.25) is 9.59 Å². The Balaban J connectivity index is 0.000000921. The van der Waals surface area contributed by atoms with E-state index < -0.39 is 17.8 Å². The van der Waals surface area contributed by atoms with Crippen LogP contribution in [0.3, 0.4) is 0 Å². The molecule has 0 aliphatic carbocycles. The molecule has 0 spiro atoms. The highest BCUT2D eigenvalue weighted by molar-refractivity contribution is 6.01. The summed E-state index contributed by atoms with van der Waals surface area (Å²) in [6.07, 6.45) is 0.193. The van der Waals surface area contributed by atoms with Gasteiger partial charge in [-0.2, -0.15) is 0 Å². The maximum atomic E-state index is 10.9. The zero-order chi connectivity index (χ0) is 11.8. The molecule has 84 valence electrons. The Morgan fingerprint density at radius 2 is 1.80 bits per heavy atom. The number of hydrogen-bond donors (Lipinski definition) is 0. The van der Waals surface area contributed by atoms with Crippen molar-refractivity contribution in [3.05, 3.63) is 13.2 Å². The molecular weight excluding hydrogens is 202 g/mol. The van der Waals surface area contributed by atoms with Crippen LogP contribution in [0.2, 0.25) is 0 Å². The van der Waals surface area contributed by atoms with E-state index in [4.69, 9.17) is 0 Å². The van der Waals surface area contributed by atoms with Crippen LogP contribution in [0.4, 0.5) is 0 Å². The molecule has 0 radical (unpaired) electrons. The lowest BCUT2D eigenvalue weighted by Gasteiger charge is -2.11. The maximum absolute atomic E-state index is 10.9. The Bertz CT molecular complexity index is 247. The largest absolute Gasteiger partial charge is 0.373 e. The van der Waals surface area contributed by atoms with E-state index in [1.165, 1.54) is 7.11 Å². The predicted molar refractivity (Wildman–Crippen MR) is 50.3 cm³/mol. The van der Waals surface area contributed by atoms with Gasteiger partial charge in [0.1, 0.15) is 6.61 Å². The highest BCUT2D eigenvalue weighted by Crippen LogP contribution is 2.11. The molecule has 0 bridgehead atoms. The normalized spacial score (nSPS) is 14.6. The van der Waals surface area contributed by atoms with Crippen molar-refractivity contribution < 1.29 is 24.0 Å². The quantitative estimate of drug-likeness (QED) is 0.491. The molecule has 0 atom stereocenters. The van der Waals surface area contributed by atoms with Crippen LogP contribution in [0.15, 0.2) is 13.2 Å². The highest BCUT2D eigenvalue weighted by Gasteiger charge is 2.32. The summed E-state index contributed by atoms with van der Waals surface area (Å²) in [5, 5.41) is 0.487. The predicted octanol–water partition coefficient (Wildman–Crippen LogP) is 0.0422. The number of carbonyl (C=O) groups excluding carboxylic acids is 3. The Kier molecular flexibility index (Phi) is 5.96. The van der Waals surface area contributed by atoms with E-state index in [-0.39, 0.29) is 19.4 Å². The average Bonchev–Trinajstić information content (AvgIpc) is 2.53. The number of ether oxygens (including phenoxy) is 1. The summed E-state index contributed by atoms with van der Waals surface area (Å²) in [6.45, 7) is 5.72. The van der Waals surface area contributed by atoms with Crippen LogP contribution in [0, 0.1) is 0 Å². The van der Waals surface area contributed by atoms with Gasteiger partial charge in [-0.25, -0.2) is 4.79 Å². The molecule has 1 aliphatic heterocycles. The molecule has 2 amide bonds. The first-order chi connectivity index (χ1) is 7.15. The molecular formula is C9H13NO5. The molecule has 1 rings (SSSR count). The zero-order valence-corrected chi connectivity index (χ0v) is 8.52. The fourth-order valence-electron chi connectivity index (χ4n) is 0.904. The van der Waals surface area contributed by atoms with Crippen molar-refractivity contribution in [2.75, 3.05) is 13.7 Å². The summed E-state index contributed by atoms with van der Waals surface area (Å²) in [6, 6.07) is 0. The average molecular weight is 215 g/mol. The lowest BCUT2D eigenvalue weighted by atomic mass is 10.4. The van der Waals surface area contributed by atoms with Crippen LogP contribution in [0.1, 0.15) is 12.8 Å². The summed E-state index contributed by atoms with van der Waals surface area (Å²) < 4.78 is 4.46. The second kappa shape index (κ2) is 6.72. The molecule has 0 saturated carbocycles. The highest BCUT2D eigenvalue weighted by atomic mass is 16.7. The first-order valence-electron chi connectivity index (χ1n) is 4.20. The van der Waals surface area contributed by atoms with E-state index >= 15 is 0 Å². The van der Waals surface area contributed by atoms with Gasteiger partial charge >= 0.3 is 5.97 Å². The number of methoxy groups -OCH3 is 1. The van der Waals surface area contributed by atoms with E-state index in [2.05, 4.69) is 22.7 Å². The maximum Gasteiger partial charge on any atom is 0.358 e. The molecule has 1 saturated heterocycles. The monoisotopic (exact) mass is 215 g/mol. The van der Waals surface area contributed by atoms with Crippen LogP contribution in [0.25, 0.3) is 0 Å². The number of nitrogens with zero attached hydrogens (tertiary/aromatic N) is 1. The molecule has 0 N–H and O–H groups in total. The van der Waals surface area contributed by atoms with Crippen molar-refractivity contribution in [1.82, 2.24) is 5.06 Å². The molecule has 0 aromatic carbocycles. The minimum absolute atomic E-state index is 0.0963. The molecule has 6 heteroatoms. The standard InChI is InChI=1S/C7H9NO5.C2H4/c1-12-4-7(11)13-8-5(9)2-3-6(8)10;1-2/h2-4H2,1H3;1-2H2. The van der Waals surface area contributed by atoms with Gasteiger partial charge in [0.05, 0.1) is 0 Å². The second-order valence-corrected chi connectivity index (χ2v) is 2.48. The number of imide groups is 1. The van der Waals surface area contributed by atoms with Gasteiger partial charge < -0.3 is 9.57 Å². The Morgan fingerprint density at radius 3 is 2.20 bits per heavy atom. The topological polar surface area (TPSA) is 72.9 Å². The summed E-state index contributed by atoms with van der Waals surface area (Å²) in [7, 11) is 1.31. The van der Waals surface area contributed by atoms with E-state index in [1.54, 1.807) is 0 Å². The SMILES string of the molecule is C=C.COCC(=O)ON1C(=O)CCC1=O. The van der Waals surface area contributed by atoms with E-state index in [0.29, 0.717) is 5.06 Å². The number of carbonyl (C=O) groups is 3. The Hall–Kier alpha value is -1.69. The molecule has 0 unspecified atom stereocenters. The summed E-state index contributed by atoms with van der Waals surface area (Å²) in [5.74, 6) is -1.74. The van der Waals surface area contributed by atoms with Crippen LogP contribution >= 0.6 is 0 Å². The van der Waals surface area contributed by atoms with Crippen molar-refractivity contribution >= 4 is 17.8 Å². The lowest BCUT2D eigenvalue weighted by Crippen LogP contribution is -2.33. The summed E-state index contributed by atoms with van der Waals surface area (Å²) in [4.78, 5) is 37.1. The molecule has 0 aromatic heterocycles. The zero-order valence-electron chi connectivity index (χ0n) is 8.52. The third-order valence-electron chi connectivity index (χ3n) is 1.46. The fraction of sp³-hybridized carbons (Fsp3) is 0.444. The summed E-state index contributed by atoms with van der Waals surface area (Å²) >= 11 is 0. The van der Waals surface area contributed by atoms with Crippen molar-refractivity contribution in [2.45, 2.75) is 12.8 Å². The second-order valence-electron chi connectivity index (χ2n) is 2.48. The van der Waals surface area contributed by atoms with Crippen molar-refractivity contribution in [3.8, 4) is 0 Å². The lowest BCUT2D eigenvalue weighted by molar-refractivity contribution is -0.199. The van der Waals surface area contributed by atoms with Gasteiger partial charge in [0.25, 0.3) is 11.8 Å². The molecule has 6 nitrogen and oxygen atoms in total. The van der Waals surface area contributed by atoms with Crippen LogP contribution in [-0.2, 0) is 24.0 Å². The number of amides is 2. The van der Waals surface area contributed by atoms with Crippen LogP contribution in [-0.4, -0.2) is 36.6 Å². The molecule has 0 aromatic rings. The van der Waals surface area contributed by atoms with Crippen molar-refractivity contribution in [1.29, 1.82) is 0 Å². The number of hydroxylamine groups is 2. The van der Waals surface area contributed by atoms with Crippen LogP contribution in [0.5, 0.6) is 0 Å². The van der Waals surface area contributed by atoms with E-state index in [9.17, 15) is 14.4 Å². The van der Waals surface area contributed by atoms with Gasteiger partial charge in [-0.1, -0.05) is 0 Å². The number of hydrogen-bond acceptors (Lipinski definition) is 5. The Morgan fingerprint density at radius 1 is 1.33 bits per heavy atom. The number of rotatable bonds is 3. The van der Waals surface area contributed by atoms with E-state index in [0.717, 1.165) is 0 Å². The van der Waals surface area contributed by atoms with E-state index in [1.807, 2.05) is 0 Å². The third-order valence-corrected chi connectivity index (χ3v) is 1.46. The Labute approximate surface area is 87.4 Å². The first kappa shape index (κ1) is 13.3. The van der Waals surface area contributed by atoms with Gasteiger partial charge in [0.2, 0.25) is 0 Å². The molecule has 15 heavy (non-hydrogen) atoms. The summed E-state index contributed by atoms with van der Waals surface area (Å²) in [5.41, 5.74) is 0. The molecule has 1 fully saturated rings. The van der Waals surface area contributed by atoms with Gasteiger partial charge in [0, 0.05) is 20.0 Å². The fourth-order valence-corrected chi connectivity index (χ4v) is 0.904. The van der Waals surface area contributed by atoms with Crippen molar-refractivity contribution in [3.63, 3.8) is 0 Å². The van der Waals surface area contributed by atoms with Crippen molar-refractivity contribution in [2.24, 2.45) is 0 Å². The van der Waals surface area contributed by atoms with Crippen LogP contribution < -0.4 is 0 Å². The molecule has 1 aliphatic rings. The molecule has 1 heterocycles. The van der Waals surface area contributed by atoms with Gasteiger partial charge in [0.15, 0.2) is 0 Å². The van der Waals surface area contributed by atoms with Gasteiger partial charge in [-0.15, -0.1) is 18.2 Å². The smallest absolute Gasteiger partial charge is 0.358 e. The minimum Gasteiger partial charge on any atom is -0.373 e. The minimum atomic E-state index is -0.758.